The van der Waals surface area contributed by atoms with E-state index < -0.39 is 5.89 Å². The summed E-state index contributed by atoms with van der Waals surface area (Å²) in [5, 5.41) is 0. The minimum atomic E-state index is -0.699. The van der Waals surface area contributed by atoms with Crippen LogP contribution >= 0.6 is 11.8 Å². The Balaban J connectivity index is -0.00000119. The van der Waals surface area contributed by atoms with Crippen molar-refractivity contribution in [2.24, 2.45) is 0 Å². The monoisotopic (exact) mass is 1470 g/mol. The molecule has 0 amide bonds. The fraction of sp³-hybridized carbons (Fsp3) is 0.753. The second-order valence-electron chi connectivity index (χ2n) is 44.9. The van der Waals surface area contributed by atoms with Crippen LogP contribution in [0.1, 0.15) is 414 Å². The lowest BCUT2D eigenvalue weighted by atomic mass is 9.86. The number of rotatable bonds is 8. The van der Waals surface area contributed by atoms with Crippen LogP contribution in [0.15, 0.2) is 84.9 Å². The Morgan fingerprint density at radius 1 is 0.317 bits per heavy atom. The molecule has 0 N–H and O–H groups in total. The van der Waals surface area contributed by atoms with Crippen molar-refractivity contribution < 1.29 is 7.48 Å². The third-order valence-corrected chi connectivity index (χ3v) is 17.2. The number of ether oxygens (including phenoxy) is 1. The first-order chi connectivity index (χ1) is 46.1. The zero-order valence-electron chi connectivity index (χ0n) is 81.9. The molecule has 0 aromatic heterocycles. The van der Waals surface area contributed by atoms with Crippen LogP contribution in [0.5, 0.6) is 0 Å². The van der Waals surface area contributed by atoms with Gasteiger partial charge in [0.15, 0.2) is 0 Å². The number of benzene rings is 4. The molecule has 6 nitrogen and oxygen atoms in total. The molecule has 0 radical (unpaired) electrons. The van der Waals surface area contributed by atoms with Crippen molar-refractivity contribution in [3.05, 3.63) is 118 Å². The number of para-hydroxylation sites is 4. The van der Waals surface area contributed by atoms with Gasteiger partial charge in [0.1, 0.15) is 0 Å². The van der Waals surface area contributed by atoms with Crippen molar-refractivity contribution in [3.8, 4) is 0 Å². The number of aryl methyl sites for hydroxylation is 3. The highest BCUT2D eigenvalue weighted by Gasteiger charge is 2.41. The van der Waals surface area contributed by atoms with Crippen LogP contribution in [0.4, 0.5) is 22.7 Å². The summed E-state index contributed by atoms with van der Waals surface area (Å²) in [6.07, 6.45) is -0.315. The third-order valence-electron chi connectivity index (χ3n) is 16.0. The van der Waals surface area contributed by atoms with Gasteiger partial charge >= 0.3 is 0 Å². The highest BCUT2D eigenvalue weighted by atomic mass is 32.2. The molecule has 0 heterocycles. The number of hydrogen-bond acceptors (Lipinski definition) is 7. The van der Waals surface area contributed by atoms with Crippen LogP contribution in [-0.2, 0) is 11.1 Å². The molecule has 0 aliphatic heterocycles. The van der Waals surface area contributed by atoms with Crippen molar-refractivity contribution in [2.75, 3.05) is 19.6 Å². The Morgan fingerprint density at radius 3 is 0.788 bits per heavy atom. The summed E-state index contributed by atoms with van der Waals surface area (Å²) in [7, 11) is 0. The predicted octanol–water partition coefficient (Wildman–Crippen LogP) is 30.5. The molecule has 0 fully saturated rings. The van der Waals surface area contributed by atoms with Gasteiger partial charge in [0, 0.05) is 95.9 Å². The second-order valence-corrected chi connectivity index (χ2v) is 47.6. The molecule has 0 aliphatic rings. The van der Waals surface area contributed by atoms with E-state index in [1.165, 1.54) is 39.3 Å². The molecule has 1 atom stereocenters. The average Bonchev–Trinajstić information content (AvgIpc) is 0.752. The van der Waals surface area contributed by atoms with E-state index >= 15 is 0 Å². The molecule has 4 aromatic rings. The smallest absolute Gasteiger partial charge is 0.0605 e. The first kappa shape index (κ1) is 100. The molecule has 1 unspecified atom stereocenters. The maximum Gasteiger partial charge on any atom is 0.0605 e. The Labute approximate surface area is 660 Å². The Kier molecular flexibility index (Phi) is 37.5. The van der Waals surface area contributed by atoms with E-state index in [1.54, 1.807) is 0 Å². The molecular weight excluding hydrogens is 1280 g/mol. The van der Waals surface area contributed by atoms with Gasteiger partial charge in [-0.1, -0.05) is 163 Å². The first-order valence-corrected chi connectivity index (χ1v) is 40.6. The lowest BCUT2D eigenvalue weighted by Gasteiger charge is -2.53. The average molecular weight is 1470 g/mol. The highest BCUT2D eigenvalue weighted by Crippen LogP contribution is 2.45. The first-order valence-electron chi connectivity index (χ1n) is 40.9. The maximum atomic E-state index is 8.57. The Morgan fingerprint density at radius 2 is 0.577 bits per heavy atom. The third kappa shape index (κ3) is 39.1. The van der Waals surface area contributed by atoms with Crippen LogP contribution in [0.3, 0.4) is 0 Å². The summed E-state index contributed by atoms with van der Waals surface area (Å²) in [4.78, 5) is 12.5. The van der Waals surface area contributed by atoms with Gasteiger partial charge in [-0.05, 0) is 354 Å². The summed E-state index contributed by atoms with van der Waals surface area (Å²) in [5.41, 5.74) is 14.0. The Bertz CT molecular complexity index is 2960. The van der Waals surface area contributed by atoms with Gasteiger partial charge in [-0.15, -0.1) is 0 Å². The van der Waals surface area contributed by atoms with Crippen molar-refractivity contribution >= 4 is 34.5 Å². The van der Waals surface area contributed by atoms with Crippen molar-refractivity contribution in [3.63, 3.8) is 0 Å². The van der Waals surface area contributed by atoms with Gasteiger partial charge in [-0.3, -0.25) is 4.90 Å². The number of thioether (sulfide) groups is 1. The van der Waals surface area contributed by atoms with E-state index in [0.29, 0.717) is 21.3 Å². The number of nitrogens with zero attached hydrogens (tertiary/aromatic N) is 5. The summed E-state index contributed by atoms with van der Waals surface area (Å²) in [6, 6.07) is 30.0. The highest BCUT2D eigenvalue weighted by molar-refractivity contribution is 8.01. The largest absolute Gasteiger partial charge is 0.370 e. The Hall–Kier alpha value is -3.65. The van der Waals surface area contributed by atoms with E-state index in [2.05, 4.69) is 444 Å². The molecule has 0 aliphatic carbocycles. The molecule has 0 saturated carbocycles. The van der Waals surface area contributed by atoms with E-state index in [1.807, 2.05) is 50.7 Å². The molecular formula is C97H181N5OS. The summed E-state index contributed by atoms with van der Waals surface area (Å²) >= 11 is 2.01. The maximum absolute atomic E-state index is 8.57. The molecule has 0 bridgehead atoms. The predicted molar refractivity (Wildman–Crippen MR) is 484 cm³/mol. The van der Waals surface area contributed by atoms with Crippen molar-refractivity contribution in [2.45, 2.75) is 480 Å². The topological polar surface area (TPSA) is 25.4 Å². The van der Waals surface area contributed by atoms with E-state index in [4.69, 9.17) is 7.48 Å². The fourth-order valence-electron chi connectivity index (χ4n) is 16.6. The summed E-state index contributed by atoms with van der Waals surface area (Å²) in [5.74, 6) is 0.367. The van der Waals surface area contributed by atoms with Gasteiger partial charge in [0.05, 0.1) is 11.2 Å². The molecule has 0 saturated heterocycles. The number of anilines is 4. The van der Waals surface area contributed by atoms with Crippen molar-refractivity contribution in [1.29, 1.82) is 0 Å². The van der Waals surface area contributed by atoms with Crippen LogP contribution < -0.4 is 19.6 Å². The lowest BCUT2D eigenvalue weighted by molar-refractivity contribution is -0.102. The zero-order valence-corrected chi connectivity index (χ0v) is 80.7. The fourth-order valence-corrected chi connectivity index (χ4v) is 18.5. The van der Waals surface area contributed by atoms with Crippen LogP contribution in [0.2, 0.25) is 0 Å². The van der Waals surface area contributed by atoms with Crippen LogP contribution in [0, 0.1) is 13.8 Å². The quantitative estimate of drug-likeness (QED) is 0.173. The molecule has 4 rings (SSSR count). The van der Waals surface area contributed by atoms with E-state index in [-0.39, 0.29) is 78.5 Å². The molecule has 4 aromatic carbocycles. The van der Waals surface area contributed by atoms with Crippen LogP contribution in [0.25, 0.3) is 0 Å². The molecule has 7 heteroatoms. The zero-order chi connectivity index (χ0) is 85.7. The number of hydrogen-bond donors (Lipinski definition) is 0. The van der Waals surface area contributed by atoms with Gasteiger partial charge in [-0.25, -0.2) is 0 Å². The SMILES string of the molecule is CC(C)(C)N(C(C)(C)C)C(C)(C)C.CC(C)(C)N(c1ccccc1)C(C)(C)C.CC(C)(C)OC(C)(C)C.CC(C)(C)SC(C)(C)C.CC(C)c1cccc(C(C)C)c1N(C(C)(C)C)C(C)(C)C.Cc1cccc(C)c1N(C(C)(C)C)C(C)(C)C.[2H]C(C)c1cccc(C([2H])(C)C)c1N(C(C)(C)C)C(C)(C)C. The van der Waals surface area contributed by atoms with Gasteiger partial charge in [-0.2, -0.15) is 11.8 Å². The molecule has 0 spiro atoms. The molecule has 104 heavy (non-hydrogen) atoms. The minimum Gasteiger partial charge on any atom is -0.370 e. The summed E-state index contributed by atoms with van der Waals surface area (Å²) in [6.45, 7) is 120. The normalized spacial score (nSPS) is 14.0. The van der Waals surface area contributed by atoms with Crippen LogP contribution in [-0.4, -0.2) is 86.5 Å². The van der Waals surface area contributed by atoms with E-state index in [9.17, 15) is 0 Å². The minimum absolute atomic E-state index is 0.0156. The second kappa shape index (κ2) is 38.8. The van der Waals surface area contributed by atoms with Crippen molar-refractivity contribution in [1.82, 2.24) is 4.90 Å². The van der Waals surface area contributed by atoms with Gasteiger partial charge < -0.3 is 24.3 Å². The van der Waals surface area contributed by atoms with Gasteiger partial charge in [0.25, 0.3) is 0 Å². The van der Waals surface area contributed by atoms with E-state index in [0.717, 1.165) is 16.8 Å². The lowest BCUT2D eigenvalue weighted by Crippen LogP contribution is -2.60. The summed E-state index contributed by atoms with van der Waals surface area (Å²) < 4.78 is 23.3. The van der Waals surface area contributed by atoms with Gasteiger partial charge in [0.2, 0.25) is 0 Å². The molecule has 606 valence electrons. The standard InChI is InChI=1S/C20H35N.C19H33N.C16H27N.C14H23N.C12H27N.C8H18O.C8H18S/c1-14(2)16-12-11-13-17(15(3)4)18(16)21(19(5,6)7)20(8,9)10;1-10-15-12-11-13-16(14(2)3)17(15)20(18(4,5)6)19(7,8)9;1-12-10-9-11-13(2)14(12)17(15(3,4)5)16(6,7)8;1-13(2,3)15(14(4,5)6)12-10-8-7-9-11-12;1-10(2,3)13(11(4,5)6)12(7,8)9;2*1-7(2,3)9-8(4,5)6/h11-15H,1-10H3;11-14H,10H2,1-9H3;9-11H,1-8H3;7-11H,1-6H3;1-9H3;2*1-6H3/i;10D,14D;;;;;.